The Morgan fingerprint density at radius 1 is 0.882 bits per heavy atom. The summed E-state index contributed by atoms with van der Waals surface area (Å²) < 4.78 is 0. The summed E-state index contributed by atoms with van der Waals surface area (Å²) in [7, 11) is 4.26. The maximum atomic E-state index is 11.7. The Kier molecular flexibility index (Phi) is 5.25. The largest absolute Gasteiger partial charge is 0.307 e. The third kappa shape index (κ3) is 3.45. The molecule has 34 heavy (non-hydrogen) atoms. The number of nitro groups is 1. The van der Waals surface area contributed by atoms with E-state index in [4.69, 9.17) is 0 Å². The van der Waals surface area contributed by atoms with E-state index in [2.05, 4.69) is 68.7 Å². The second kappa shape index (κ2) is 8.31. The van der Waals surface area contributed by atoms with Gasteiger partial charge >= 0.3 is 0 Å². The molecule has 2 aliphatic heterocycles. The number of benzene rings is 4. The summed E-state index contributed by atoms with van der Waals surface area (Å²) in [4.78, 5) is 16.2. The number of nitro benzene ring substituents is 1. The van der Waals surface area contributed by atoms with Gasteiger partial charge in [0, 0.05) is 55.8 Å². The number of allylic oxidation sites excluding steroid dienone is 1. The second-order valence-corrected chi connectivity index (χ2v) is 11.1. The molecule has 0 aromatic heterocycles. The smallest absolute Gasteiger partial charge is 0.270 e. The van der Waals surface area contributed by atoms with Gasteiger partial charge in [0.15, 0.2) is 0 Å². The number of rotatable bonds is 2. The van der Waals surface area contributed by atoms with Crippen molar-refractivity contribution in [3.63, 3.8) is 0 Å². The highest BCUT2D eigenvalue weighted by Gasteiger charge is 2.30. The monoisotopic (exact) mass is 483 g/mol. The van der Waals surface area contributed by atoms with Crippen molar-refractivity contribution in [1.29, 1.82) is 0 Å². The van der Waals surface area contributed by atoms with Crippen LogP contribution >= 0.6 is 23.5 Å². The molecule has 1 N–H and O–H groups in total. The highest BCUT2D eigenvalue weighted by atomic mass is 32.2. The first-order valence-electron chi connectivity index (χ1n) is 11.3. The topological polar surface area (TPSA) is 47.6 Å². The van der Waals surface area contributed by atoms with E-state index in [1.165, 1.54) is 47.9 Å². The zero-order chi connectivity index (χ0) is 23.4. The number of nitrogens with one attached hydrogen (secondary N) is 1. The van der Waals surface area contributed by atoms with E-state index in [9.17, 15) is 10.1 Å². The normalized spacial score (nSPS) is 16.8. The molecule has 6 heteroatoms. The van der Waals surface area contributed by atoms with Crippen LogP contribution in [0.1, 0.15) is 23.1 Å². The van der Waals surface area contributed by atoms with Gasteiger partial charge in [-0.25, -0.2) is 0 Å². The first-order chi connectivity index (χ1) is 16.5. The average molecular weight is 484 g/mol. The van der Waals surface area contributed by atoms with Crippen molar-refractivity contribution < 1.29 is 9.82 Å². The van der Waals surface area contributed by atoms with Crippen LogP contribution in [0.3, 0.4) is 0 Å². The van der Waals surface area contributed by atoms with E-state index in [0.717, 1.165) is 28.2 Å². The summed E-state index contributed by atoms with van der Waals surface area (Å²) in [6, 6.07) is 24.9. The summed E-state index contributed by atoms with van der Waals surface area (Å²) in [6.45, 7) is 0. The lowest BCUT2D eigenvalue weighted by Gasteiger charge is -2.29. The molecule has 0 bridgehead atoms. The van der Waals surface area contributed by atoms with Crippen molar-refractivity contribution in [2.75, 3.05) is 19.8 Å². The first-order valence-corrected chi connectivity index (χ1v) is 13.1. The van der Waals surface area contributed by atoms with Crippen LogP contribution in [0.25, 0.3) is 21.9 Å². The van der Waals surface area contributed by atoms with Gasteiger partial charge < -0.3 is 4.90 Å². The van der Waals surface area contributed by atoms with Gasteiger partial charge in [-0.05, 0) is 52.1 Å². The van der Waals surface area contributed by atoms with Gasteiger partial charge in [-0.1, -0.05) is 42.1 Å². The zero-order valence-corrected chi connectivity index (χ0v) is 20.6. The Labute approximate surface area is 206 Å². The Balaban J connectivity index is 1.74. The number of quaternary nitrogens is 1. The fourth-order valence-corrected chi connectivity index (χ4v) is 7.07. The Bertz CT molecular complexity index is 1520. The third-order valence-electron chi connectivity index (χ3n) is 6.59. The maximum absolute atomic E-state index is 11.7. The van der Waals surface area contributed by atoms with E-state index in [-0.39, 0.29) is 10.6 Å². The standard InChI is InChI=1S/C28H22N2O2S2/c1-29(2)18-8-11-24-22(15-18)27(23-16-19(30(31)32)9-12-25(23)34-24)21-13-14-33-26-10-7-17-5-3-4-6-20(17)28(21)26/h3-12,15-16H,13-14H2,1-2H3/p+1/b27-21-. The fraction of sp³-hybridized carbons (Fsp3) is 0.143. The third-order valence-corrected chi connectivity index (χ3v) is 8.80. The van der Waals surface area contributed by atoms with Crippen LogP contribution < -0.4 is 4.90 Å². The van der Waals surface area contributed by atoms with E-state index < -0.39 is 0 Å². The highest BCUT2D eigenvalue weighted by molar-refractivity contribution is 7.99. The molecule has 0 amide bonds. The summed E-state index contributed by atoms with van der Waals surface area (Å²) in [5.41, 5.74) is 7.21. The Hall–Kier alpha value is -3.06. The molecule has 168 valence electrons. The van der Waals surface area contributed by atoms with Crippen LogP contribution in [0.15, 0.2) is 87.5 Å². The molecule has 4 aromatic carbocycles. The van der Waals surface area contributed by atoms with Crippen LogP contribution in [0.5, 0.6) is 0 Å². The lowest BCUT2D eigenvalue weighted by atomic mass is 9.85. The van der Waals surface area contributed by atoms with Crippen molar-refractivity contribution in [3.05, 3.63) is 99.6 Å². The average Bonchev–Trinajstić information content (AvgIpc) is 2.86. The molecule has 0 unspecified atom stereocenters. The minimum absolute atomic E-state index is 0.138. The lowest BCUT2D eigenvalue weighted by molar-refractivity contribution is -0.786. The van der Waals surface area contributed by atoms with Crippen molar-refractivity contribution in [2.45, 2.75) is 21.1 Å². The molecule has 0 saturated carbocycles. The lowest BCUT2D eigenvalue weighted by Crippen LogP contribution is -3.00. The predicted octanol–water partition coefficient (Wildman–Crippen LogP) is 6.44. The van der Waals surface area contributed by atoms with Crippen molar-refractivity contribution in [3.8, 4) is 0 Å². The van der Waals surface area contributed by atoms with Crippen LogP contribution in [-0.2, 0) is 0 Å². The van der Waals surface area contributed by atoms with E-state index in [1.807, 2.05) is 17.8 Å². The van der Waals surface area contributed by atoms with E-state index in [1.54, 1.807) is 23.9 Å². The number of nitrogens with zero attached hydrogens (tertiary/aromatic N) is 1. The van der Waals surface area contributed by atoms with E-state index in [0.29, 0.717) is 0 Å². The van der Waals surface area contributed by atoms with Crippen molar-refractivity contribution in [2.24, 2.45) is 0 Å². The summed E-state index contributed by atoms with van der Waals surface area (Å²) in [5, 5.41) is 14.2. The molecule has 0 aliphatic carbocycles. The van der Waals surface area contributed by atoms with Crippen molar-refractivity contribution >= 4 is 56.8 Å². The number of hydrogen-bond acceptors (Lipinski definition) is 4. The van der Waals surface area contributed by atoms with Gasteiger partial charge in [0.05, 0.1) is 19.0 Å². The van der Waals surface area contributed by atoms with Gasteiger partial charge in [-0.15, -0.1) is 11.8 Å². The molecular formula is C28H23N2O2S2+. The number of thioether (sulfide) groups is 1. The van der Waals surface area contributed by atoms with E-state index >= 15 is 0 Å². The number of fused-ring (bicyclic) bond motifs is 5. The van der Waals surface area contributed by atoms with Gasteiger partial charge in [-0.3, -0.25) is 10.1 Å². The van der Waals surface area contributed by atoms with Crippen molar-refractivity contribution in [1.82, 2.24) is 0 Å². The fourth-order valence-electron chi connectivity index (χ4n) is 4.95. The van der Waals surface area contributed by atoms with Crippen LogP contribution in [0, 0.1) is 10.1 Å². The molecule has 0 saturated heterocycles. The van der Waals surface area contributed by atoms with Gasteiger partial charge in [0.25, 0.3) is 5.69 Å². The molecule has 4 nitrogen and oxygen atoms in total. The molecule has 0 spiro atoms. The summed E-state index contributed by atoms with van der Waals surface area (Å²) >= 11 is 3.60. The second-order valence-electron chi connectivity index (χ2n) is 8.86. The Morgan fingerprint density at radius 3 is 2.41 bits per heavy atom. The predicted molar refractivity (Wildman–Crippen MR) is 141 cm³/mol. The summed E-state index contributed by atoms with van der Waals surface area (Å²) in [5.74, 6) is 0.996. The van der Waals surface area contributed by atoms with Crippen LogP contribution in [0.4, 0.5) is 11.4 Å². The molecule has 4 aromatic rings. The zero-order valence-electron chi connectivity index (χ0n) is 18.9. The molecule has 0 fully saturated rings. The van der Waals surface area contributed by atoms with Gasteiger partial charge in [0.2, 0.25) is 0 Å². The SMILES string of the molecule is C[NH+](C)c1ccc2c(c1)/C(=C1\CCSc3ccc4ccccc4c31)c1cc([N+](=O)[O-])ccc1S2. The molecule has 2 heterocycles. The van der Waals surface area contributed by atoms with Gasteiger partial charge in [0.1, 0.15) is 5.69 Å². The van der Waals surface area contributed by atoms with Crippen LogP contribution in [0.2, 0.25) is 0 Å². The van der Waals surface area contributed by atoms with Gasteiger partial charge in [-0.2, -0.15) is 0 Å². The molecule has 6 rings (SSSR count). The molecule has 2 aliphatic rings. The minimum Gasteiger partial charge on any atom is -0.307 e. The Morgan fingerprint density at radius 2 is 1.62 bits per heavy atom. The highest BCUT2D eigenvalue weighted by Crippen LogP contribution is 2.53. The minimum atomic E-state index is -0.288. The van der Waals surface area contributed by atoms with Crippen LogP contribution in [-0.4, -0.2) is 24.8 Å². The maximum Gasteiger partial charge on any atom is 0.270 e. The summed E-state index contributed by atoms with van der Waals surface area (Å²) in [6.07, 6.45) is 0.923. The molecule has 0 atom stereocenters. The molecule has 0 radical (unpaired) electrons. The number of non-ortho nitro benzene ring substituents is 1. The quantitative estimate of drug-likeness (QED) is 0.232. The molecular weight excluding hydrogens is 460 g/mol. The number of hydrogen-bond donors (Lipinski definition) is 1. The first kappa shape index (κ1) is 21.5.